The molecule has 1 atom stereocenters. The number of phenolic OH excluding ortho intramolecular Hbond substituents is 1. The molecule has 23 heavy (non-hydrogen) atoms. The second-order valence-corrected chi connectivity index (χ2v) is 6.30. The summed E-state index contributed by atoms with van der Waals surface area (Å²) in [4.78, 5) is 2.55. The van der Waals surface area contributed by atoms with Crippen LogP contribution in [-0.4, -0.2) is 49.4 Å². The second-order valence-electron chi connectivity index (χ2n) is 5.89. The third-order valence-electron chi connectivity index (χ3n) is 4.57. The number of hydrogen-bond acceptors (Lipinski definition) is 4. The quantitative estimate of drug-likeness (QED) is 0.841. The molecule has 3 rings (SSSR count). The van der Waals surface area contributed by atoms with Crippen molar-refractivity contribution >= 4 is 36.4 Å². The number of rotatable bonds is 3. The number of nitrogens with zero attached hydrogens (tertiary/aromatic N) is 1. The molecule has 0 saturated carbocycles. The topological polar surface area (TPSA) is 44.7 Å². The van der Waals surface area contributed by atoms with E-state index < -0.39 is 0 Å². The maximum atomic E-state index is 9.67. The fraction of sp³-hybridized carbons (Fsp3) is 0.625. The third kappa shape index (κ3) is 5.12. The summed E-state index contributed by atoms with van der Waals surface area (Å²) in [7, 11) is 0. The lowest BCUT2D eigenvalue weighted by molar-refractivity contribution is 0.0213. The predicted molar refractivity (Wildman–Crippen MR) is 98.3 cm³/mol. The van der Waals surface area contributed by atoms with Crippen molar-refractivity contribution in [3.63, 3.8) is 0 Å². The molecule has 1 aromatic carbocycles. The molecule has 132 valence electrons. The van der Waals surface area contributed by atoms with Gasteiger partial charge in [-0.05, 0) is 36.5 Å². The van der Waals surface area contributed by atoms with Crippen LogP contribution < -0.4 is 5.32 Å². The zero-order chi connectivity index (χ0) is 14.7. The Balaban J connectivity index is 0.00000132. The van der Waals surface area contributed by atoms with Gasteiger partial charge in [0.25, 0.3) is 0 Å². The number of halogens is 3. The molecular weight excluding hydrogens is 359 g/mol. The normalized spacial score (nSPS) is 21.1. The van der Waals surface area contributed by atoms with Gasteiger partial charge in [0.2, 0.25) is 0 Å². The van der Waals surface area contributed by atoms with Crippen molar-refractivity contribution in [1.82, 2.24) is 10.2 Å². The van der Waals surface area contributed by atoms with Crippen LogP contribution in [0.5, 0.6) is 5.75 Å². The molecule has 0 radical (unpaired) electrons. The number of aromatic hydroxyl groups is 1. The summed E-state index contributed by atoms with van der Waals surface area (Å²) in [5, 5.41) is 13.5. The highest BCUT2D eigenvalue weighted by Gasteiger charge is 2.31. The fourth-order valence-electron chi connectivity index (χ4n) is 3.48. The van der Waals surface area contributed by atoms with Crippen LogP contribution in [0.1, 0.15) is 24.4 Å². The lowest BCUT2D eigenvalue weighted by Crippen LogP contribution is -2.47. The van der Waals surface area contributed by atoms with E-state index in [1.807, 2.05) is 12.1 Å². The summed E-state index contributed by atoms with van der Waals surface area (Å²) in [5.74, 6) is 0.754. The number of phenols is 1. The van der Waals surface area contributed by atoms with Crippen molar-refractivity contribution < 1.29 is 9.84 Å². The summed E-state index contributed by atoms with van der Waals surface area (Å²) in [6, 6.07) is 6.03. The summed E-state index contributed by atoms with van der Waals surface area (Å²) < 4.78 is 5.52. The average Bonchev–Trinajstić information content (AvgIpc) is 2.53. The molecule has 4 nitrogen and oxygen atoms in total. The van der Waals surface area contributed by atoms with E-state index in [4.69, 9.17) is 16.3 Å². The molecular formula is C16H25Cl3N2O2. The summed E-state index contributed by atoms with van der Waals surface area (Å²) in [5.41, 5.74) is 1.21. The first-order chi connectivity index (χ1) is 10.3. The van der Waals surface area contributed by atoms with Crippen LogP contribution in [0.3, 0.4) is 0 Å². The molecule has 0 spiro atoms. The number of nitrogens with one attached hydrogen (secondary N) is 1. The third-order valence-corrected chi connectivity index (χ3v) is 4.87. The standard InChI is InChI=1S/C16H23ClN2O2.2ClH/c17-14-11-13(1-2-15(14)20)16(12-3-9-21-10-4-12)19-7-5-18-6-8-19;;/h1-2,11-12,16,18,20H,3-10H2;2*1H/t16-;;/m0../s1. The fourth-order valence-corrected chi connectivity index (χ4v) is 3.67. The van der Waals surface area contributed by atoms with E-state index in [1.165, 1.54) is 5.56 Å². The molecule has 0 amide bonds. The van der Waals surface area contributed by atoms with Gasteiger partial charge in [-0.3, -0.25) is 4.90 Å². The van der Waals surface area contributed by atoms with Crippen molar-refractivity contribution in [3.05, 3.63) is 28.8 Å². The summed E-state index contributed by atoms with van der Waals surface area (Å²) in [6.07, 6.45) is 2.18. The largest absolute Gasteiger partial charge is 0.506 e. The Morgan fingerprint density at radius 2 is 1.83 bits per heavy atom. The van der Waals surface area contributed by atoms with Gasteiger partial charge in [-0.15, -0.1) is 24.8 Å². The Morgan fingerprint density at radius 3 is 2.43 bits per heavy atom. The van der Waals surface area contributed by atoms with Crippen LogP contribution in [0.2, 0.25) is 5.02 Å². The van der Waals surface area contributed by atoms with Gasteiger partial charge in [0.1, 0.15) is 5.75 Å². The zero-order valence-corrected chi connectivity index (χ0v) is 15.4. The van der Waals surface area contributed by atoms with E-state index in [0.29, 0.717) is 17.0 Å². The summed E-state index contributed by atoms with van der Waals surface area (Å²) >= 11 is 6.13. The first kappa shape index (κ1) is 20.8. The Kier molecular flexibility index (Phi) is 8.98. The molecule has 2 aliphatic rings. The van der Waals surface area contributed by atoms with E-state index >= 15 is 0 Å². The molecule has 7 heteroatoms. The number of benzene rings is 1. The first-order valence-electron chi connectivity index (χ1n) is 7.76. The van der Waals surface area contributed by atoms with Crippen molar-refractivity contribution in [2.45, 2.75) is 18.9 Å². The summed E-state index contributed by atoms with van der Waals surface area (Å²) in [6.45, 7) is 5.87. The van der Waals surface area contributed by atoms with Crippen LogP contribution in [0.15, 0.2) is 18.2 Å². The SMILES string of the molecule is Cl.Cl.Oc1ccc([C@H](C2CCOCC2)N2CCNCC2)cc1Cl. The molecule has 2 aliphatic heterocycles. The number of ether oxygens (including phenoxy) is 1. The minimum absolute atomic E-state index is 0. The molecule has 2 fully saturated rings. The lowest BCUT2D eigenvalue weighted by atomic mass is 9.85. The lowest BCUT2D eigenvalue weighted by Gasteiger charge is -2.41. The van der Waals surface area contributed by atoms with Gasteiger partial charge in [-0.1, -0.05) is 17.7 Å². The van der Waals surface area contributed by atoms with Gasteiger partial charge in [-0.2, -0.15) is 0 Å². The zero-order valence-electron chi connectivity index (χ0n) is 13.0. The van der Waals surface area contributed by atoms with Crippen molar-refractivity contribution in [2.75, 3.05) is 39.4 Å². The van der Waals surface area contributed by atoms with Gasteiger partial charge in [0.15, 0.2) is 0 Å². The van der Waals surface area contributed by atoms with E-state index in [2.05, 4.69) is 10.2 Å². The van der Waals surface area contributed by atoms with E-state index in [0.717, 1.165) is 52.2 Å². The Hall–Kier alpha value is -0.230. The van der Waals surface area contributed by atoms with Crippen LogP contribution in [-0.2, 0) is 4.74 Å². The second kappa shape index (κ2) is 9.92. The molecule has 1 aromatic rings. The van der Waals surface area contributed by atoms with E-state index in [-0.39, 0.29) is 30.6 Å². The van der Waals surface area contributed by atoms with Crippen molar-refractivity contribution in [3.8, 4) is 5.75 Å². The molecule has 0 aliphatic carbocycles. The monoisotopic (exact) mass is 382 g/mol. The Morgan fingerprint density at radius 1 is 1.17 bits per heavy atom. The molecule has 0 aromatic heterocycles. The van der Waals surface area contributed by atoms with Crippen LogP contribution in [0, 0.1) is 5.92 Å². The first-order valence-corrected chi connectivity index (χ1v) is 8.14. The minimum atomic E-state index is 0. The van der Waals surface area contributed by atoms with Crippen molar-refractivity contribution in [2.24, 2.45) is 5.92 Å². The Labute approximate surface area is 155 Å². The van der Waals surface area contributed by atoms with Gasteiger partial charge in [0, 0.05) is 45.4 Å². The molecule has 2 N–H and O–H groups in total. The minimum Gasteiger partial charge on any atom is -0.506 e. The van der Waals surface area contributed by atoms with Gasteiger partial charge >= 0.3 is 0 Å². The maximum absolute atomic E-state index is 9.67. The molecule has 0 unspecified atom stereocenters. The van der Waals surface area contributed by atoms with Crippen LogP contribution >= 0.6 is 36.4 Å². The van der Waals surface area contributed by atoms with E-state index in [1.54, 1.807) is 6.07 Å². The predicted octanol–water partition coefficient (Wildman–Crippen LogP) is 3.26. The number of piperazine rings is 1. The maximum Gasteiger partial charge on any atom is 0.134 e. The van der Waals surface area contributed by atoms with Gasteiger partial charge < -0.3 is 15.2 Å². The molecule has 2 saturated heterocycles. The highest BCUT2D eigenvalue weighted by molar-refractivity contribution is 6.32. The Bertz CT molecular complexity index is 460. The molecule has 2 heterocycles. The van der Waals surface area contributed by atoms with Gasteiger partial charge in [-0.25, -0.2) is 0 Å². The highest BCUT2D eigenvalue weighted by atomic mass is 35.5. The number of hydrogen-bond donors (Lipinski definition) is 2. The van der Waals surface area contributed by atoms with Crippen molar-refractivity contribution in [1.29, 1.82) is 0 Å². The van der Waals surface area contributed by atoms with Gasteiger partial charge in [0.05, 0.1) is 5.02 Å². The van der Waals surface area contributed by atoms with Crippen LogP contribution in [0.25, 0.3) is 0 Å². The van der Waals surface area contributed by atoms with Crippen LogP contribution in [0.4, 0.5) is 0 Å². The average molecular weight is 384 g/mol. The van der Waals surface area contributed by atoms with E-state index in [9.17, 15) is 5.11 Å². The highest BCUT2D eigenvalue weighted by Crippen LogP contribution is 2.37. The smallest absolute Gasteiger partial charge is 0.134 e. The molecule has 0 bridgehead atoms.